The minimum atomic E-state index is -0.268. The molecule has 1 saturated heterocycles. The lowest BCUT2D eigenvalue weighted by molar-refractivity contribution is 0.0963. The highest BCUT2D eigenvalue weighted by Gasteiger charge is 2.16. The van der Waals surface area contributed by atoms with Crippen molar-refractivity contribution >= 4 is 28.8 Å². The van der Waals surface area contributed by atoms with Crippen LogP contribution in [0.4, 0.5) is 5.69 Å². The number of hydrazine groups is 1. The van der Waals surface area contributed by atoms with Crippen LogP contribution in [0, 0.1) is 0 Å². The van der Waals surface area contributed by atoms with E-state index in [2.05, 4.69) is 25.9 Å². The smallest absolute Gasteiger partial charge is 0.273 e. The third kappa shape index (κ3) is 4.26. The molecule has 0 aliphatic carbocycles. The van der Waals surface area contributed by atoms with Crippen molar-refractivity contribution in [3.63, 3.8) is 0 Å². The fourth-order valence-electron chi connectivity index (χ4n) is 3.48. The van der Waals surface area contributed by atoms with Crippen LogP contribution in [0.3, 0.4) is 0 Å². The van der Waals surface area contributed by atoms with E-state index >= 15 is 0 Å². The number of hydrogen-bond donors (Lipinski definition) is 2. The summed E-state index contributed by atoms with van der Waals surface area (Å²) < 4.78 is 1.90. The van der Waals surface area contributed by atoms with Crippen LogP contribution in [0.1, 0.15) is 35.4 Å². The molecule has 28 heavy (non-hydrogen) atoms. The molecule has 3 heterocycles. The van der Waals surface area contributed by atoms with Crippen molar-refractivity contribution in [2.45, 2.75) is 25.7 Å². The number of fused-ring (bicyclic) bond motifs is 1. The molecule has 1 aromatic carbocycles. The van der Waals surface area contributed by atoms with Crippen molar-refractivity contribution in [3.05, 3.63) is 59.0 Å². The number of piperidine rings is 1. The first-order valence-electron chi connectivity index (χ1n) is 9.57. The Kier molecular flexibility index (Phi) is 5.73. The number of hydrogen-bond acceptors (Lipinski definition) is 5. The Morgan fingerprint density at radius 2 is 1.86 bits per heavy atom. The summed E-state index contributed by atoms with van der Waals surface area (Å²) in [7, 11) is 0. The first-order valence-corrected chi connectivity index (χ1v) is 9.95. The average Bonchev–Trinajstić information content (AvgIpc) is 3.15. The SMILES string of the molecule is O=C(NNc1ccc(Cl)cc1)c1cccn2c(CCN3CCCCC3)nnc12. The molecule has 7 nitrogen and oxygen atoms in total. The minimum absolute atomic E-state index is 0.268. The van der Waals surface area contributed by atoms with Gasteiger partial charge in [0.15, 0.2) is 5.65 Å². The maximum atomic E-state index is 12.6. The lowest BCUT2D eigenvalue weighted by Gasteiger charge is -2.25. The molecule has 8 heteroatoms. The Labute approximate surface area is 168 Å². The summed E-state index contributed by atoms with van der Waals surface area (Å²) in [5.74, 6) is 0.608. The van der Waals surface area contributed by atoms with Gasteiger partial charge in [-0.05, 0) is 62.3 Å². The van der Waals surface area contributed by atoms with Gasteiger partial charge >= 0.3 is 0 Å². The summed E-state index contributed by atoms with van der Waals surface area (Å²) in [6.45, 7) is 3.27. The van der Waals surface area contributed by atoms with Crippen LogP contribution in [-0.2, 0) is 6.42 Å². The predicted molar refractivity (Wildman–Crippen MR) is 110 cm³/mol. The van der Waals surface area contributed by atoms with Crippen LogP contribution in [0.2, 0.25) is 5.02 Å². The molecule has 0 atom stereocenters. The van der Waals surface area contributed by atoms with Crippen LogP contribution >= 0.6 is 11.6 Å². The molecule has 146 valence electrons. The highest BCUT2D eigenvalue weighted by atomic mass is 35.5. The number of pyridine rings is 1. The van der Waals surface area contributed by atoms with E-state index in [1.54, 1.807) is 30.3 Å². The maximum absolute atomic E-state index is 12.6. The number of anilines is 1. The van der Waals surface area contributed by atoms with Crippen molar-refractivity contribution in [2.75, 3.05) is 25.1 Å². The van der Waals surface area contributed by atoms with Gasteiger partial charge in [0, 0.05) is 24.2 Å². The summed E-state index contributed by atoms with van der Waals surface area (Å²) in [5, 5.41) is 9.22. The first kappa shape index (κ1) is 18.7. The number of rotatable bonds is 6. The zero-order chi connectivity index (χ0) is 19.3. The number of carbonyl (C=O) groups is 1. The molecule has 1 aliphatic heterocycles. The summed E-state index contributed by atoms with van der Waals surface area (Å²) in [5.41, 5.74) is 7.36. The highest BCUT2D eigenvalue weighted by Crippen LogP contribution is 2.15. The molecule has 4 rings (SSSR count). The number of nitrogens with zero attached hydrogens (tertiary/aromatic N) is 4. The van der Waals surface area contributed by atoms with E-state index in [0.717, 1.165) is 37.6 Å². The Balaban J connectivity index is 1.44. The van der Waals surface area contributed by atoms with Crippen LogP contribution in [-0.4, -0.2) is 45.0 Å². The van der Waals surface area contributed by atoms with Crippen LogP contribution in [0.15, 0.2) is 42.6 Å². The van der Waals surface area contributed by atoms with Crippen molar-refractivity contribution in [3.8, 4) is 0 Å². The summed E-state index contributed by atoms with van der Waals surface area (Å²) in [6.07, 6.45) is 6.59. The molecular weight excluding hydrogens is 376 g/mol. The fraction of sp³-hybridized carbons (Fsp3) is 0.350. The third-order valence-corrected chi connectivity index (χ3v) is 5.27. The molecule has 2 aromatic heterocycles. The van der Waals surface area contributed by atoms with Gasteiger partial charge in [-0.25, -0.2) is 0 Å². The highest BCUT2D eigenvalue weighted by molar-refractivity contribution is 6.30. The van der Waals surface area contributed by atoms with E-state index in [1.807, 2.05) is 16.7 Å². The number of halogens is 1. The number of aromatic nitrogens is 3. The normalized spacial score (nSPS) is 14.9. The summed E-state index contributed by atoms with van der Waals surface area (Å²) in [6, 6.07) is 10.7. The van der Waals surface area contributed by atoms with Gasteiger partial charge < -0.3 is 4.90 Å². The fourth-order valence-corrected chi connectivity index (χ4v) is 3.61. The van der Waals surface area contributed by atoms with Crippen LogP contribution < -0.4 is 10.9 Å². The van der Waals surface area contributed by atoms with Crippen molar-refractivity contribution < 1.29 is 4.79 Å². The first-order chi connectivity index (χ1) is 13.7. The molecule has 0 unspecified atom stereocenters. The Morgan fingerprint density at radius 1 is 1.07 bits per heavy atom. The predicted octanol–water partition coefficient (Wildman–Crippen LogP) is 3.17. The van der Waals surface area contributed by atoms with E-state index in [-0.39, 0.29) is 5.91 Å². The number of carbonyl (C=O) groups excluding carboxylic acids is 1. The molecule has 1 amide bonds. The van der Waals surface area contributed by atoms with Crippen molar-refractivity contribution in [2.24, 2.45) is 0 Å². The minimum Gasteiger partial charge on any atom is -0.303 e. The van der Waals surface area contributed by atoms with E-state index in [4.69, 9.17) is 11.6 Å². The Bertz CT molecular complexity index is 949. The second-order valence-electron chi connectivity index (χ2n) is 6.97. The largest absolute Gasteiger partial charge is 0.303 e. The molecule has 0 spiro atoms. The van der Waals surface area contributed by atoms with Gasteiger partial charge in [0.25, 0.3) is 5.91 Å². The van der Waals surface area contributed by atoms with Gasteiger partial charge in [0.2, 0.25) is 0 Å². The van der Waals surface area contributed by atoms with Gasteiger partial charge in [-0.15, -0.1) is 10.2 Å². The third-order valence-electron chi connectivity index (χ3n) is 5.01. The standard InChI is InChI=1S/C20H23ClN6O/c21-15-6-8-16(9-7-15)22-25-20(28)17-5-4-13-27-18(23-24-19(17)27)10-14-26-11-2-1-3-12-26/h4-9,13,22H,1-3,10-12,14H2,(H,25,28). The van der Waals surface area contributed by atoms with Crippen LogP contribution in [0.25, 0.3) is 5.65 Å². The zero-order valence-electron chi connectivity index (χ0n) is 15.6. The lowest BCUT2D eigenvalue weighted by Crippen LogP contribution is -2.31. The molecule has 3 aromatic rings. The van der Waals surface area contributed by atoms with Crippen LogP contribution in [0.5, 0.6) is 0 Å². The summed E-state index contributed by atoms with van der Waals surface area (Å²) >= 11 is 5.88. The molecule has 0 radical (unpaired) electrons. The lowest BCUT2D eigenvalue weighted by atomic mass is 10.1. The van der Waals surface area contributed by atoms with E-state index in [9.17, 15) is 4.79 Å². The summed E-state index contributed by atoms with van der Waals surface area (Å²) in [4.78, 5) is 15.1. The second kappa shape index (κ2) is 8.58. The molecule has 1 fully saturated rings. The van der Waals surface area contributed by atoms with Gasteiger partial charge in [-0.1, -0.05) is 18.0 Å². The van der Waals surface area contributed by atoms with Gasteiger partial charge in [-0.2, -0.15) is 0 Å². The molecule has 2 N–H and O–H groups in total. The molecular formula is C20H23ClN6O. The van der Waals surface area contributed by atoms with Crippen molar-refractivity contribution in [1.29, 1.82) is 0 Å². The zero-order valence-corrected chi connectivity index (χ0v) is 16.3. The number of benzene rings is 1. The van der Waals surface area contributed by atoms with E-state index in [0.29, 0.717) is 16.2 Å². The molecule has 0 saturated carbocycles. The average molecular weight is 399 g/mol. The maximum Gasteiger partial charge on any atom is 0.273 e. The topological polar surface area (TPSA) is 74.6 Å². The second-order valence-corrected chi connectivity index (χ2v) is 7.41. The quantitative estimate of drug-likeness (QED) is 0.624. The number of nitrogens with one attached hydrogen (secondary N) is 2. The molecule has 0 bridgehead atoms. The molecule has 1 aliphatic rings. The van der Waals surface area contributed by atoms with Gasteiger partial charge in [-0.3, -0.25) is 20.0 Å². The van der Waals surface area contributed by atoms with E-state index < -0.39 is 0 Å². The van der Waals surface area contributed by atoms with Crippen molar-refractivity contribution in [1.82, 2.24) is 24.9 Å². The van der Waals surface area contributed by atoms with Gasteiger partial charge in [0.1, 0.15) is 5.82 Å². The van der Waals surface area contributed by atoms with E-state index in [1.165, 1.54) is 19.3 Å². The Hall–Kier alpha value is -2.64. The Morgan fingerprint density at radius 3 is 2.64 bits per heavy atom. The number of amides is 1. The number of likely N-dealkylation sites (tertiary alicyclic amines) is 1. The van der Waals surface area contributed by atoms with Gasteiger partial charge in [0.05, 0.1) is 11.3 Å². The monoisotopic (exact) mass is 398 g/mol.